The molecule has 1 heterocycles. The molecule has 2 atom stereocenters. The van der Waals surface area contributed by atoms with Crippen molar-refractivity contribution >= 4 is 12.1 Å². The van der Waals surface area contributed by atoms with Crippen LogP contribution in [0.2, 0.25) is 0 Å². The van der Waals surface area contributed by atoms with E-state index >= 15 is 0 Å². The van der Waals surface area contributed by atoms with E-state index in [0.29, 0.717) is 13.1 Å². The molecule has 2 unspecified atom stereocenters. The van der Waals surface area contributed by atoms with Gasteiger partial charge in [0.15, 0.2) is 0 Å². The van der Waals surface area contributed by atoms with Crippen LogP contribution in [-0.2, 0) is 14.3 Å². The Morgan fingerprint density at radius 2 is 1.77 bits per heavy atom. The fourth-order valence-corrected chi connectivity index (χ4v) is 2.60. The third-order valence-electron chi connectivity index (χ3n) is 3.46. The Labute approximate surface area is 131 Å². The molecule has 22 heavy (non-hydrogen) atoms. The maximum atomic E-state index is 12.2. The summed E-state index contributed by atoms with van der Waals surface area (Å²) in [5.74, 6) is -0.366. The van der Waals surface area contributed by atoms with Gasteiger partial charge in [-0.1, -0.05) is 30.3 Å². The number of likely N-dealkylation sites (tertiary alicyclic amines) is 1. The van der Waals surface area contributed by atoms with Gasteiger partial charge in [0.25, 0.3) is 0 Å². The SMILES string of the molecule is CC(=O)OC1CN(C(=O)OC(C)(C)C)CC1c1ccccc1. The normalized spacial score (nSPS) is 21.5. The number of hydrogen-bond donors (Lipinski definition) is 0. The van der Waals surface area contributed by atoms with E-state index in [1.807, 2.05) is 51.1 Å². The molecule has 1 aromatic carbocycles. The number of benzene rings is 1. The smallest absolute Gasteiger partial charge is 0.410 e. The molecule has 120 valence electrons. The van der Waals surface area contributed by atoms with Crippen molar-refractivity contribution in [1.82, 2.24) is 4.90 Å². The average molecular weight is 305 g/mol. The molecule has 1 aliphatic rings. The van der Waals surface area contributed by atoms with Gasteiger partial charge in [-0.2, -0.15) is 0 Å². The Kier molecular flexibility index (Phi) is 4.74. The molecule has 0 N–H and O–H groups in total. The average Bonchev–Trinajstić information content (AvgIpc) is 2.81. The predicted molar refractivity (Wildman–Crippen MR) is 82.5 cm³/mol. The molecule has 1 amide bonds. The highest BCUT2D eigenvalue weighted by Gasteiger charge is 2.39. The first-order chi connectivity index (χ1) is 10.3. The summed E-state index contributed by atoms with van der Waals surface area (Å²) >= 11 is 0. The molecule has 0 aromatic heterocycles. The summed E-state index contributed by atoms with van der Waals surface area (Å²) in [6.45, 7) is 7.72. The summed E-state index contributed by atoms with van der Waals surface area (Å²) in [7, 11) is 0. The summed E-state index contributed by atoms with van der Waals surface area (Å²) in [6.07, 6.45) is -0.712. The van der Waals surface area contributed by atoms with Crippen molar-refractivity contribution in [3.05, 3.63) is 35.9 Å². The van der Waals surface area contributed by atoms with E-state index in [2.05, 4.69) is 0 Å². The van der Waals surface area contributed by atoms with Gasteiger partial charge < -0.3 is 14.4 Å². The first-order valence-corrected chi connectivity index (χ1v) is 7.46. The van der Waals surface area contributed by atoms with Crippen molar-refractivity contribution < 1.29 is 19.1 Å². The van der Waals surface area contributed by atoms with Crippen molar-refractivity contribution in [3.8, 4) is 0 Å². The van der Waals surface area contributed by atoms with Crippen molar-refractivity contribution in [3.63, 3.8) is 0 Å². The van der Waals surface area contributed by atoms with E-state index in [0.717, 1.165) is 5.56 Å². The third kappa shape index (κ3) is 4.23. The minimum Gasteiger partial charge on any atom is -0.460 e. The fourth-order valence-electron chi connectivity index (χ4n) is 2.60. The van der Waals surface area contributed by atoms with Crippen LogP contribution in [0, 0.1) is 0 Å². The lowest BCUT2D eigenvalue weighted by molar-refractivity contribution is -0.146. The highest BCUT2D eigenvalue weighted by Crippen LogP contribution is 2.30. The van der Waals surface area contributed by atoms with Gasteiger partial charge in [-0.3, -0.25) is 4.79 Å². The van der Waals surface area contributed by atoms with Crippen LogP contribution in [-0.4, -0.2) is 41.8 Å². The Balaban J connectivity index is 2.14. The van der Waals surface area contributed by atoms with E-state index in [1.54, 1.807) is 4.90 Å². The summed E-state index contributed by atoms with van der Waals surface area (Å²) < 4.78 is 10.8. The number of amides is 1. The maximum absolute atomic E-state index is 12.2. The van der Waals surface area contributed by atoms with Gasteiger partial charge in [0.05, 0.1) is 6.54 Å². The Bertz CT molecular complexity index is 535. The minimum atomic E-state index is -0.543. The molecule has 1 saturated heterocycles. The highest BCUT2D eigenvalue weighted by atomic mass is 16.6. The Hall–Kier alpha value is -2.04. The van der Waals surface area contributed by atoms with Gasteiger partial charge in [-0.25, -0.2) is 4.79 Å². The summed E-state index contributed by atoms with van der Waals surface area (Å²) in [4.78, 5) is 25.2. The number of nitrogens with zero attached hydrogens (tertiary/aromatic N) is 1. The Morgan fingerprint density at radius 1 is 1.14 bits per heavy atom. The van der Waals surface area contributed by atoms with Crippen LogP contribution in [0.25, 0.3) is 0 Å². The first kappa shape index (κ1) is 16.3. The molecular weight excluding hydrogens is 282 g/mol. The van der Waals surface area contributed by atoms with Crippen molar-refractivity contribution in [2.24, 2.45) is 0 Å². The molecule has 5 heteroatoms. The van der Waals surface area contributed by atoms with Crippen LogP contribution in [0.1, 0.15) is 39.2 Å². The van der Waals surface area contributed by atoms with E-state index in [1.165, 1.54) is 6.92 Å². The molecule has 1 fully saturated rings. The standard InChI is InChI=1S/C17H23NO4/c1-12(19)21-15-11-18(16(20)22-17(2,3)4)10-14(15)13-8-6-5-7-9-13/h5-9,14-15H,10-11H2,1-4H3. The lowest BCUT2D eigenvalue weighted by Crippen LogP contribution is -2.36. The minimum absolute atomic E-state index is 0.0300. The van der Waals surface area contributed by atoms with Crippen LogP contribution in [0.15, 0.2) is 30.3 Å². The van der Waals surface area contributed by atoms with E-state index in [4.69, 9.17) is 9.47 Å². The van der Waals surface area contributed by atoms with Gasteiger partial charge in [0.1, 0.15) is 11.7 Å². The van der Waals surface area contributed by atoms with Gasteiger partial charge in [0, 0.05) is 19.4 Å². The lowest BCUT2D eigenvalue weighted by Gasteiger charge is -2.24. The van der Waals surface area contributed by atoms with Crippen LogP contribution < -0.4 is 0 Å². The monoisotopic (exact) mass is 305 g/mol. The van der Waals surface area contributed by atoms with E-state index < -0.39 is 5.60 Å². The lowest BCUT2D eigenvalue weighted by atomic mass is 9.96. The maximum Gasteiger partial charge on any atom is 0.410 e. The van der Waals surface area contributed by atoms with Crippen LogP contribution in [0.3, 0.4) is 0 Å². The van der Waals surface area contributed by atoms with Gasteiger partial charge in [-0.05, 0) is 26.3 Å². The van der Waals surface area contributed by atoms with Gasteiger partial charge in [-0.15, -0.1) is 0 Å². The summed E-state index contributed by atoms with van der Waals surface area (Å²) in [5, 5.41) is 0. The van der Waals surface area contributed by atoms with Crippen LogP contribution in [0.5, 0.6) is 0 Å². The number of carbonyl (C=O) groups excluding carboxylic acids is 2. The van der Waals surface area contributed by atoms with Crippen LogP contribution >= 0.6 is 0 Å². The summed E-state index contributed by atoms with van der Waals surface area (Å²) in [6, 6.07) is 9.79. The number of carbonyl (C=O) groups is 2. The van der Waals surface area contributed by atoms with E-state index in [-0.39, 0.29) is 24.1 Å². The zero-order chi connectivity index (χ0) is 16.3. The van der Waals surface area contributed by atoms with Gasteiger partial charge in [0.2, 0.25) is 0 Å². The second-order valence-electron chi connectivity index (χ2n) is 6.55. The zero-order valence-electron chi connectivity index (χ0n) is 13.5. The largest absolute Gasteiger partial charge is 0.460 e. The Morgan fingerprint density at radius 3 is 2.32 bits per heavy atom. The van der Waals surface area contributed by atoms with E-state index in [9.17, 15) is 9.59 Å². The zero-order valence-corrected chi connectivity index (χ0v) is 13.5. The highest BCUT2D eigenvalue weighted by molar-refractivity contribution is 5.70. The van der Waals surface area contributed by atoms with Crippen molar-refractivity contribution in [2.45, 2.75) is 45.3 Å². The molecule has 0 saturated carbocycles. The third-order valence-corrected chi connectivity index (χ3v) is 3.46. The molecule has 0 radical (unpaired) electrons. The summed E-state index contributed by atoms with van der Waals surface area (Å²) in [5.41, 5.74) is 0.513. The predicted octanol–water partition coefficient (Wildman–Crippen LogP) is 2.95. The molecule has 0 bridgehead atoms. The molecule has 0 spiro atoms. The second-order valence-corrected chi connectivity index (χ2v) is 6.55. The van der Waals surface area contributed by atoms with Crippen molar-refractivity contribution in [1.29, 1.82) is 0 Å². The quantitative estimate of drug-likeness (QED) is 0.788. The molecule has 5 nitrogen and oxygen atoms in total. The molecule has 1 aliphatic heterocycles. The number of hydrogen-bond acceptors (Lipinski definition) is 4. The van der Waals surface area contributed by atoms with Gasteiger partial charge >= 0.3 is 12.1 Å². The molecule has 1 aromatic rings. The fraction of sp³-hybridized carbons (Fsp3) is 0.529. The topological polar surface area (TPSA) is 55.8 Å². The van der Waals surface area contributed by atoms with Crippen molar-refractivity contribution in [2.75, 3.05) is 13.1 Å². The second kappa shape index (κ2) is 6.38. The number of ether oxygens (including phenoxy) is 2. The molecular formula is C17H23NO4. The number of rotatable bonds is 2. The molecule has 2 rings (SSSR count). The number of esters is 1. The molecule has 0 aliphatic carbocycles. The first-order valence-electron chi connectivity index (χ1n) is 7.46. The van der Waals surface area contributed by atoms with Crippen LogP contribution in [0.4, 0.5) is 4.79 Å².